The molecule has 4 aliphatic rings. The van der Waals surface area contributed by atoms with Crippen LogP contribution in [0.4, 0.5) is 0 Å². The number of hydrogen-bond acceptors (Lipinski definition) is 6. The van der Waals surface area contributed by atoms with Crippen LogP contribution in [0.3, 0.4) is 0 Å². The molecule has 3 heterocycles. The molecule has 2 unspecified atom stereocenters. The van der Waals surface area contributed by atoms with Gasteiger partial charge >= 0.3 is 5.97 Å². The lowest BCUT2D eigenvalue weighted by molar-refractivity contribution is -0.136. The second-order valence-corrected chi connectivity index (χ2v) is 11.9. The third-order valence-electron chi connectivity index (χ3n) is 9.66. The monoisotopic (exact) mass is 506 g/mol. The van der Waals surface area contributed by atoms with E-state index in [1.54, 1.807) is 0 Å². The standard InChI is InChI=1S/C29H38N4O4/c34-27(35)12-11-25(31-37)28-29(36)33(26-10-2-1-9-24(26)30-28)23-16-20-7-4-8-21(17-23)32(20)22-14-18-5-3-6-19(13-18)15-22/h1-2,9-10,18-23,37H,3-8,11-17H2,(H,34,35)/t18?,19?,20-,21+,22?,23+. The molecule has 2 aromatic rings. The fourth-order valence-electron chi connectivity index (χ4n) is 8.28. The van der Waals surface area contributed by atoms with Crippen LogP contribution in [0.15, 0.2) is 34.2 Å². The van der Waals surface area contributed by atoms with E-state index in [1.165, 1.54) is 57.8 Å². The van der Waals surface area contributed by atoms with Gasteiger partial charge < -0.3 is 14.9 Å². The maximum Gasteiger partial charge on any atom is 0.303 e. The van der Waals surface area contributed by atoms with Gasteiger partial charge in [0.25, 0.3) is 5.56 Å². The Morgan fingerprint density at radius 2 is 1.57 bits per heavy atom. The van der Waals surface area contributed by atoms with Crippen LogP contribution in [0.2, 0.25) is 0 Å². The van der Waals surface area contributed by atoms with Crippen LogP contribution in [0.25, 0.3) is 11.0 Å². The van der Waals surface area contributed by atoms with E-state index in [9.17, 15) is 14.8 Å². The average Bonchev–Trinajstić information content (AvgIpc) is 2.88. The van der Waals surface area contributed by atoms with Gasteiger partial charge in [0.15, 0.2) is 5.69 Å². The fraction of sp³-hybridized carbons (Fsp3) is 0.655. The van der Waals surface area contributed by atoms with Crippen LogP contribution in [-0.2, 0) is 4.79 Å². The third kappa shape index (κ3) is 4.69. The first-order chi connectivity index (χ1) is 18.0. The van der Waals surface area contributed by atoms with Gasteiger partial charge in [0.05, 0.1) is 17.5 Å². The molecule has 0 spiro atoms. The second kappa shape index (κ2) is 10.2. The number of carbonyl (C=O) groups is 1. The van der Waals surface area contributed by atoms with Crippen molar-refractivity contribution in [1.82, 2.24) is 14.5 Å². The molecule has 2 N–H and O–H groups in total. The quantitative estimate of drug-likeness (QED) is 0.325. The summed E-state index contributed by atoms with van der Waals surface area (Å²) in [5, 5.41) is 22.1. The number of piperidine rings is 2. The average molecular weight is 507 g/mol. The summed E-state index contributed by atoms with van der Waals surface area (Å²) >= 11 is 0. The molecular weight excluding hydrogens is 468 g/mol. The molecule has 4 bridgehead atoms. The number of nitrogens with zero attached hydrogens (tertiary/aromatic N) is 4. The normalized spacial score (nSPS) is 32.4. The SMILES string of the molecule is O=C(O)CCC(=NO)c1nc2ccccc2n([C@H]2C[C@H]3CCC[C@@H](C2)N3C2CC3CCCC(C3)C2)c1=O. The number of aliphatic carboxylic acids is 1. The van der Waals surface area contributed by atoms with Crippen LogP contribution >= 0.6 is 0 Å². The van der Waals surface area contributed by atoms with Crippen molar-refractivity contribution in [2.24, 2.45) is 17.0 Å². The number of carboxylic acid groups (broad SMARTS) is 1. The molecule has 5 atom stereocenters. The Bertz CT molecular complexity index is 1230. The van der Waals surface area contributed by atoms with Gasteiger partial charge in [-0.05, 0) is 68.9 Å². The number of benzene rings is 1. The van der Waals surface area contributed by atoms with Crippen molar-refractivity contribution in [3.05, 3.63) is 40.3 Å². The highest BCUT2D eigenvalue weighted by Crippen LogP contribution is 2.47. The van der Waals surface area contributed by atoms with Crippen molar-refractivity contribution < 1.29 is 15.1 Å². The van der Waals surface area contributed by atoms with Crippen molar-refractivity contribution in [1.29, 1.82) is 0 Å². The largest absolute Gasteiger partial charge is 0.481 e. The van der Waals surface area contributed by atoms with Crippen LogP contribution in [0, 0.1) is 11.8 Å². The van der Waals surface area contributed by atoms with Crippen LogP contribution in [-0.4, -0.2) is 54.6 Å². The summed E-state index contributed by atoms with van der Waals surface area (Å²) in [6.45, 7) is 0. The first kappa shape index (κ1) is 24.6. The molecule has 1 aromatic heterocycles. The molecule has 2 saturated heterocycles. The lowest BCUT2D eigenvalue weighted by Gasteiger charge is -2.55. The smallest absolute Gasteiger partial charge is 0.303 e. The lowest BCUT2D eigenvalue weighted by Crippen LogP contribution is -2.58. The molecule has 6 rings (SSSR count). The summed E-state index contributed by atoms with van der Waals surface area (Å²) in [6, 6.07) is 9.35. The van der Waals surface area contributed by atoms with E-state index in [0.717, 1.165) is 30.2 Å². The summed E-state index contributed by atoms with van der Waals surface area (Å²) in [5.41, 5.74) is 1.30. The topological polar surface area (TPSA) is 108 Å². The van der Waals surface area contributed by atoms with E-state index in [0.29, 0.717) is 23.6 Å². The number of rotatable bonds is 6. The van der Waals surface area contributed by atoms with Crippen LogP contribution < -0.4 is 5.56 Å². The van der Waals surface area contributed by atoms with Gasteiger partial charge in [0.1, 0.15) is 5.71 Å². The minimum atomic E-state index is -1.01. The highest BCUT2D eigenvalue weighted by atomic mass is 16.4. The first-order valence-corrected chi connectivity index (χ1v) is 14.2. The summed E-state index contributed by atoms with van der Waals surface area (Å²) in [7, 11) is 0. The number of fused-ring (bicyclic) bond motifs is 5. The second-order valence-electron chi connectivity index (χ2n) is 11.9. The molecule has 2 saturated carbocycles. The predicted molar refractivity (Wildman–Crippen MR) is 141 cm³/mol. The molecule has 2 aliphatic heterocycles. The summed E-state index contributed by atoms with van der Waals surface area (Å²) in [4.78, 5) is 32.5. The van der Waals surface area contributed by atoms with Gasteiger partial charge in [0, 0.05) is 30.6 Å². The predicted octanol–water partition coefficient (Wildman–Crippen LogP) is 4.97. The summed E-state index contributed by atoms with van der Waals surface area (Å²) in [5.74, 6) is 0.786. The number of oxime groups is 1. The van der Waals surface area contributed by atoms with E-state index >= 15 is 0 Å². The van der Waals surface area contributed by atoms with Gasteiger partial charge in [-0.3, -0.25) is 14.5 Å². The molecule has 8 nitrogen and oxygen atoms in total. The van der Waals surface area contributed by atoms with E-state index in [-0.39, 0.29) is 35.8 Å². The van der Waals surface area contributed by atoms with Crippen molar-refractivity contribution in [2.75, 3.05) is 0 Å². The molecule has 198 valence electrons. The molecular formula is C29H38N4O4. The van der Waals surface area contributed by atoms with Gasteiger partial charge in [-0.1, -0.05) is 43.0 Å². The van der Waals surface area contributed by atoms with E-state index in [2.05, 4.69) is 15.0 Å². The Balaban J connectivity index is 1.34. The Kier molecular flexibility index (Phi) is 6.78. The Morgan fingerprint density at radius 3 is 2.24 bits per heavy atom. The van der Waals surface area contributed by atoms with E-state index in [1.807, 2.05) is 28.8 Å². The van der Waals surface area contributed by atoms with Crippen molar-refractivity contribution in [2.45, 2.75) is 108 Å². The zero-order chi connectivity index (χ0) is 25.5. The molecule has 0 radical (unpaired) electrons. The Morgan fingerprint density at radius 1 is 0.892 bits per heavy atom. The molecule has 1 aromatic carbocycles. The van der Waals surface area contributed by atoms with Gasteiger partial charge in [-0.25, -0.2) is 4.98 Å². The van der Waals surface area contributed by atoms with Gasteiger partial charge in [-0.2, -0.15) is 0 Å². The first-order valence-electron chi connectivity index (χ1n) is 14.2. The minimum absolute atomic E-state index is 0.0401. The van der Waals surface area contributed by atoms with E-state index in [4.69, 9.17) is 5.11 Å². The van der Waals surface area contributed by atoms with Crippen LogP contribution in [0.1, 0.15) is 95.2 Å². The van der Waals surface area contributed by atoms with Crippen molar-refractivity contribution >= 4 is 22.7 Å². The number of hydrogen-bond donors (Lipinski definition) is 2. The van der Waals surface area contributed by atoms with E-state index < -0.39 is 5.97 Å². The molecule has 4 fully saturated rings. The van der Waals surface area contributed by atoms with Gasteiger partial charge in [-0.15, -0.1) is 0 Å². The van der Waals surface area contributed by atoms with Crippen molar-refractivity contribution in [3.8, 4) is 0 Å². The number of aromatic nitrogens is 2. The minimum Gasteiger partial charge on any atom is -0.481 e. The van der Waals surface area contributed by atoms with Crippen molar-refractivity contribution in [3.63, 3.8) is 0 Å². The zero-order valence-corrected chi connectivity index (χ0v) is 21.5. The Labute approximate surface area is 217 Å². The zero-order valence-electron chi connectivity index (χ0n) is 21.5. The number of para-hydroxylation sites is 2. The number of carboxylic acids is 1. The molecule has 0 amide bonds. The summed E-state index contributed by atoms with van der Waals surface area (Å²) in [6.07, 6.45) is 13.6. The third-order valence-corrected chi connectivity index (χ3v) is 9.66. The van der Waals surface area contributed by atoms with Crippen LogP contribution in [0.5, 0.6) is 0 Å². The fourth-order valence-corrected chi connectivity index (χ4v) is 8.28. The molecule has 2 aliphatic carbocycles. The van der Waals surface area contributed by atoms with Gasteiger partial charge in [0.2, 0.25) is 0 Å². The maximum atomic E-state index is 13.9. The lowest BCUT2D eigenvalue weighted by atomic mass is 9.68. The summed E-state index contributed by atoms with van der Waals surface area (Å²) < 4.78 is 1.89. The highest BCUT2D eigenvalue weighted by molar-refractivity contribution is 6.00. The highest BCUT2D eigenvalue weighted by Gasteiger charge is 2.45. The molecule has 37 heavy (non-hydrogen) atoms. The molecule has 8 heteroatoms. The maximum absolute atomic E-state index is 13.9. The Hall–Kier alpha value is -2.74.